The van der Waals surface area contributed by atoms with Crippen molar-refractivity contribution < 1.29 is 23.0 Å². The number of aliphatic hydroxyl groups is 1. The molecular weight excluding hydrogens is 365 g/mol. The fourth-order valence-electron chi connectivity index (χ4n) is 2.97. The van der Waals surface area contributed by atoms with E-state index in [1.54, 1.807) is 25.1 Å². The molecule has 0 saturated carbocycles. The van der Waals surface area contributed by atoms with Gasteiger partial charge in [0.1, 0.15) is 5.75 Å². The highest BCUT2D eigenvalue weighted by atomic mass is 19.4. The van der Waals surface area contributed by atoms with Crippen molar-refractivity contribution in [1.29, 1.82) is 0 Å². The summed E-state index contributed by atoms with van der Waals surface area (Å²) in [7, 11) is 1.48. The van der Waals surface area contributed by atoms with Crippen LogP contribution < -0.4 is 4.74 Å². The summed E-state index contributed by atoms with van der Waals surface area (Å²) in [5, 5.41) is 10.5. The Morgan fingerprint density at radius 1 is 1.25 bits per heavy atom. The Morgan fingerprint density at radius 2 is 1.86 bits per heavy atom. The largest absolute Gasteiger partial charge is 0.496 e. The standard InChI is InChI=1S/C21H27F3O2.C2H6/c1-6-8-17(7-2)11-12-20(25,21(22,23)24)14-16(4)18-13-15(3)9-10-19(18)26-5;1-2/h6-10,13,16,25H,1-2,11-12,14H2,3-5H3;1-2H3/b17-8+;. The second kappa shape index (κ2) is 11.7. The lowest BCUT2D eigenvalue weighted by Gasteiger charge is -2.33. The van der Waals surface area contributed by atoms with Crippen LogP contribution in [-0.2, 0) is 0 Å². The maximum Gasteiger partial charge on any atom is 0.417 e. The first-order valence-electron chi connectivity index (χ1n) is 9.45. The lowest BCUT2D eigenvalue weighted by molar-refractivity contribution is -0.266. The number of halogens is 3. The van der Waals surface area contributed by atoms with Gasteiger partial charge >= 0.3 is 6.18 Å². The molecule has 1 aromatic carbocycles. The molecule has 0 bridgehead atoms. The van der Waals surface area contributed by atoms with Crippen molar-refractivity contribution in [3.8, 4) is 5.75 Å². The number of allylic oxidation sites excluding steroid dienone is 4. The van der Waals surface area contributed by atoms with E-state index in [0.29, 0.717) is 16.9 Å². The van der Waals surface area contributed by atoms with Crippen LogP contribution in [0, 0.1) is 6.92 Å². The third kappa shape index (κ3) is 7.19. The molecule has 28 heavy (non-hydrogen) atoms. The van der Waals surface area contributed by atoms with Crippen LogP contribution in [0.2, 0.25) is 0 Å². The van der Waals surface area contributed by atoms with Crippen LogP contribution in [0.4, 0.5) is 13.2 Å². The van der Waals surface area contributed by atoms with Gasteiger partial charge in [-0.1, -0.05) is 69.9 Å². The summed E-state index contributed by atoms with van der Waals surface area (Å²) < 4.78 is 46.2. The Labute approximate surface area is 167 Å². The van der Waals surface area contributed by atoms with E-state index in [4.69, 9.17) is 4.74 Å². The summed E-state index contributed by atoms with van der Waals surface area (Å²) in [5.74, 6) is -0.0157. The zero-order valence-electron chi connectivity index (χ0n) is 17.6. The van der Waals surface area contributed by atoms with E-state index < -0.39 is 30.5 Å². The van der Waals surface area contributed by atoms with Gasteiger partial charge in [-0.25, -0.2) is 0 Å². The second-order valence-corrected chi connectivity index (χ2v) is 6.56. The Morgan fingerprint density at radius 3 is 2.32 bits per heavy atom. The molecule has 0 aliphatic rings. The molecule has 2 atom stereocenters. The van der Waals surface area contributed by atoms with Crippen molar-refractivity contribution in [2.24, 2.45) is 0 Å². The van der Waals surface area contributed by atoms with Gasteiger partial charge in [0.2, 0.25) is 0 Å². The molecule has 0 amide bonds. The molecule has 0 saturated heterocycles. The normalized spacial score (nSPS) is 15.0. The SMILES string of the molecule is C=C/C=C(\C=C)CCC(O)(CC(C)c1cc(C)ccc1OC)C(F)(F)F.CC. The van der Waals surface area contributed by atoms with E-state index in [1.165, 1.54) is 19.3 Å². The van der Waals surface area contributed by atoms with Gasteiger partial charge in [-0.2, -0.15) is 13.2 Å². The zero-order chi connectivity index (χ0) is 22.0. The monoisotopic (exact) mass is 398 g/mol. The summed E-state index contributed by atoms with van der Waals surface area (Å²) >= 11 is 0. The van der Waals surface area contributed by atoms with Crippen LogP contribution in [0.15, 0.2) is 55.2 Å². The lowest BCUT2D eigenvalue weighted by Crippen LogP contribution is -2.46. The molecule has 0 aliphatic heterocycles. The molecule has 2 nitrogen and oxygen atoms in total. The molecule has 5 heteroatoms. The molecule has 0 heterocycles. The molecule has 1 N–H and O–H groups in total. The minimum atomic E-state index is -4.74. The highest BCUT2D eigenvalue weighted by Gasteiger charge is 2.53. The van der Waals surface area contributed by atoms with Crippen molar-refractivity contribution in [1.82, 2.24) is 0 Å². The van der Waals surface area contributed by atoms with E-state index in [-0.39, 0.29) is 6.42 Å². The Hall–Kier alpha value is -2.01. The second-order valence-electron chi connectivity index (χ2n) is 6.56. The van der Waals surface area contributed by atoms with Crippen LogP contribution in [0.5, 0.6) is 5.75 Å². The number of aryl methyl sites for hydroxylation is 1. The predicted octanol–water partition coefficient (Wildman–Crippen LogP) is 6.90. The van der Waals surface area contributed by atoms with E-state index in [2.05, 4.69) is 13.2 Å². The molecule has 0 aromatic heterocycles. The minimum Gasteiger partial charge on any atom is -0.496 e. The van der Waals surface area contributed by atoms with Gasteiger partial charge in [0, 0.05) is 0 Å². The molecule has 0 aliphatic carbocycles. The minimum absolute atomic E-state index is 0.0587. The number of ether oxygens (including phenoxy) is 1. The van der Waals surface area contributed by atoms with Crippen molar-refractivity contribution >= 4 is 0 Å². The van der Waals surface area contributed by atoms with Crippen molar-refractivity contribution in [2.45, 2.75) is 64.7 Å². The predicted molar refractivity (Wildman–Crippen MR) is 111 cm³/mol. The molecule has 1 rings (SSSR count). The van der Waals surface area contributed by atoms with Crippen LogP contribution in [0.25, 0.3) is 0 Å². The van der Waals surface area contributed by atoms with Gasteiger partial charge in [0.15, 0.2) is 5.60 Å². The Balaban J connectivity index is 0.00000352. The first-order chi connectivity index (χ1) is 13.1. The number of methoxy groups -OCH3 is 1. The molecule has 2 unspecified atom stereocenters. The number of benzene rings is 1. The van der Waals surface area contributed by atoms with Gasteiger partial charge in [-0.05, 0) is 49.3 Å². The number of hydrogen-bond acceptors (Lipinski definition) is 2. The van der Waals surface area contributed by atoms with Crippen LogP contribution in [-0.4, -0.2) is 24.0 Å². The third-order valence-corrected chi connectivity index (χ3v) is 4.51. The average Bonchev–Trinajstić information content (AvgIpc) is 2.65. The van der Waals surface area contributed by atoms with Crippen molar-refractivity contribution in [3.05, 3.63) is 66.3 Å². The molecule has 0 fully saturated rings. The van der Waals surface area contributed by atoms with Gasteiger partial charge in [-0.3, -0.25) is 0 Å². The van der Waals surface area contributed by atoms with E-state index in [9.17, 15) is 18.3 Å². The van der Waals surface area contributed by atoms with E-state index >= 15 is 0 Å². The molecular formula is C23H33F3O2. The zero-order valence-corrected chi connectivity index (χ0v) is 17.6. The van der Waals surface area contributed by atoms with Crippen LogP contribution >= 0.6 is 0 Å². The van der Waals surface area contributed by atoms with Gasteiger partial charge in [-0.15, -0.1) is 0 Å². The average molecular weight is 399 g/mol. The fraction of sp³-hybridized carbons (Fsp3) is 0.478. The highest BCUT2D eigenvalue weighted by molar-refractivity contribution is 5.39. The van der Waals surface area contributed by atoms with Crippen molar-refractivity contribution in [2.75, 3.05) is 7.11 Å². The van der Waals surface area contributed by atoms with Crippen LogP contribution in [0.3, 0.4) is 0 Å². The summed E-state index contributed by atoms with van der Waals surface area (Å²) in [5.41, 5.74) is -0.625. The topological polar surface area (TPSA) is 29.5 Å². The molecule has 158 valence electrons. The maximum absolute atomic E-state index is 13.6. The highest BCUT2D eigenvalue weighted by Crippen LogP contribution is 2.43. The summed E-state index contributed by atoms with van der Waals surface area (Å²) in [6.45, 7) is 14.7. The maximum atomic E-state index is 13.6. The first-order valence-corrected chi connectivity index (χ1v) is 9.45. The number of rotatable bonds is 9. The van der Waals surface area contributed by atoms with Gasteiger partial charge in [0.25, 0.3) is 0 Å². The fourth-order valence-corrected chi connectivity index (χ4v) is 2.97. The molecule has 0 radical (unpaired) electrons. The number of hydrogen-bond donors (Lipinski definition) is 1. The summed E-state index contributed by atoms with van der Waals surface area (Å²) in [6.07, 6.45) is -1.01. The number of alkyl halides is 3. The Bertz CT molecular complexity index is 662. The summed E-state index contributed by atoms with van der Waals surface area (Å²) in [6, 6.07) is 5.37. The first kappa shape index (κ1) is 26.0. The van der Waals surface area contributed by atoms with Crippen LogP contribution in [0.1, 0.15) is 57.1 Å². The van der Waals surface area contributed by atoms with Gasteiger partial charge in [0.05, 0.1) is 7.11 Å². The van der Waals surface area contributed by atoms with Gasteiger partial charge < -0.3 is 9.84 Å². The summed E-state index contributed by atoms with van der Waals surface area (Å²) in [4.78, 5) is 0. The van der Waals surface area contributed by atoms with E-state index in [0.717, 1.165) is 5.56 Å². The quantitative estimate of drug-likeness (QED) is 0.459. The third-order valence-electron chi connectivity index (χ3n) is 4.51. The molecule has 0 spiro atoms. The molecule has 1 aromatic rings. The smallest absolute Gasteiger partial charge is 0.417 e. The lowest BCUT2D eigenvalue weighted by atomic mass is 9.82. The van der Waals surface area contributed by atoms with Crippen molar-refractivity contribution in [3.63, 3.8) is 0 Å². The van der Waals surface area contributed by atoms with E-state index in [1.807, 2.05) is 26.8 Å². The Kier molecular flexibility index (Phi) is 10.9.